The number of halogens is 5. The lowest BCUT2D eigenvalue weighted by atomic mass is 9.78. The lowest BCUT2D eigenvalue weighted by Gasteiger charge is -2.39. The number of alkyl halides is 4. The minimum Gasteiger partial charge on any atom is -0.451 e. The highest BCUT2D eigenvalue weighted by molar-refractivity contribution is 5.92. The molecular formula is C18H17F5N4O2. The Morgan fingerprint density at radius 1 is 1.38 bits per heavy atom. The summed E-state index contributed by atoms with van der Waals surface area (Å²) < 4.78 is 77.1. The van der Waals surface area contributed by atoms with Crippen LogP contribution in [0, 0.1) is 5.82 Å². The van der Waals surface area contributed by atoms with Gasteiger partial charge in [-0.05, 0) is 32.0 Å². The van der Waals surface area contributed by atoms with Gasteiger partial charge in [0.15, 0.2) is 17.8 Å². The molecule has 1 aliphatic rings. The number of aliphatic imine (C=N–C) groups is 1. The average molecular weight is 416 g/mol. The normalized spacial score (nSPS) is 27.4. The number of hydrogen-bond donors (Lipinski definition) is 2. The van der Waals surface area contributed by atoms with Crippen molar-refractivity contribution in [1.29, 1.82) is 0 Å². The van der Waals surface area contributed by atoms with Gasteiger partial charge in [-0.1, -0.05) is 0 Å². The van der Waals surface area contributed by atoms with Crippen LogP contribution >= 0.6 is 0 Å². The molecule has 0 unspecified atom stereocenters. The number of aromatic nitrogens is 1. The molecule has 0 aliphatic carbocycles. The maximum Gasteiger partial charge on any atom is 0.352 e. The van der Waals surface area contributed by atoms with Gasteiger partial charge in [-0.2, -0.15) is 8.78 Å². The van der Waals surface area contributed by atoms with Crippen LogP contribution in [-0.4, -0.2) is 28.6 Å². The van der Waals surface area contributed by atoms with Crippen molar-refractivity contribution in [2.45, 2.75) is 43.7 Å². The molecule has 0 fully saturated rings. The number of nitrogens with one attached hydrogen (secondary N) is 1. The Hall–Kier alpha value is -2.98. The van der Waals surface area contributed by atoms with E-state index in [4.69, 9.17) is 5.73 Å². The third-order valence-corrected chi connectivity index (χ3v) is 4.87. The van der Waals surface area contributed by atoms with Crippen LogP contribution in [0.25, 0.3) is 0 Å². The fraction of sp³-hybridized carbons (Fsp3) is 0.389. The fourth-order valence-electron chi connectivity index (χ4n) is 3.02. The summed E-state index contributed by atoms with van der Waals surface area (Å²) in [6.45, 7) is 2.16. The van der Waals surface area contributed by atoms with Gasteiger partial charge in [0.25, 0.3) is 5.91 Å². The number of rotatable bonds is 4. The highest BCUT2D eigenvalue weighted by Crippen LogP contribution is 2.43. The summed E-state index contributed by atoms with van der Waals surface area (Å²) in [4.78, 5) is 19.1. The van der Waals surface area contributed by atoms with Gasteiger partial charge >= 0.3 is 6.05 Å². The van der Waals surface area contributed by atoms with Gasteiger partial charge in [-0.3, -0.25) is 15.1 Å². The molecule has 1 aliphatic heterocycles. The molecule has 0 bridgehead atoms. The van der Waals surface area contributed by atoms with E-state index in [1.54, 1.807) is 0 Å². The minimum atomic E-state index is -3.96. The molecule has 3 rings (SSSR count). The highest BCUT2D eigenvalue weighted by atomic mass is 19.3. The third-order valence-electron chi connectivity index (χ3n) is 4.87. The van der Waals surface area contributed by atoms with Crippen molar-refractivity contribution in [2.75, 3.05) is 0 Å². The van der Waals surface area contributed by atoms with Gasteiger partial charge in [-0.25, -0.2) is 18.2 Å². The Morgan fingerprint density at radius 3 is 2.69 bits per heavy atom. The van der Waals surface area contributed by atoms with Crippen molar-refractivity contribution in [3.8, 4) is 0 Å². The number of hydrogen-bond acceptors (Lipinski definition) is 5. The SMILES string of the molecule is C[C@@]1(F)C[C@H](F)[C@@](C)(c2cc(C(F)(F)NC(=O)c3cocn3)ccc2F)N=C1N. The van der Waals surface area contributed by atoms with E-state index >= 15 is 0 Å². The van der Waals surface area contributed by atoms with Crippen LogP contribution in [0.2, 0.25) is 0 Å². The Morgan fingerprint density at radius 2 is 2.07 bits per heavy atom. The maximum absolute atomic E-state index is 14.7. The molecule has 1 aromatic heterocycles. The molecule has 0 saturated heterocycles. The van der Waals surface area contributed by atoms with Gasteiger partial charge in [0, 0.05) is 17.5 Å². The Labute approximate surface area is 162 Å². The second-order valence-corrected chi connectivity index (χ2v) is 7.11. The summed E-state index contributed by atoms with van der Waals surface area (Å²) in [5.74, 6) is -2.83. The predicted octanol–water partition coefficient (Wildman–Crippen LogP) is 3.34. The number of carbonyl (C=O) groups is 1. The van der Waals surface area contributed by atoms with E-state index in [1.807, 2.05) is 0 Å². The molecule has 0 saturated carbocycles. The fourth-order valence-corrected chi connectivity index (χ4v) is 3.02. The lowest BCUT2D eigenvalue weighted by molar-refractivity contribution is -0.0337. The Kier molecular flexibility index (Phi) is 4.88. The predicted molar refractivity (Wildman–Crippen MR) is 92.3 cm³/mol. The first kappa shape index (κ1) is 20.7. The smallest absolute Gasteiger partial charge is 0.352 e. The molecule has 3 N–H and O–H groups in total. The number of carbonyl (C=O) groups excluding carboxylic acids is 1. The largest absolute Gasteiger partial charge is 0.451 e. The number of amides is 1. The molecule has 2 aromatic rings. The highest BCUT2D eigenvalue weighted by Gasteiger charge is 2.49. The van der Waals surface area contributed by atoms with Gasteiger partial charge in [-0.15, -0.1) is 0 Å². The summed E-state index contributed by atoms with van der Waals surface area (Å²) in [6.07, 6.45) is -1.01. The maximum atomic E-state index is 14.7. The van der Waals surface area contributed by atoms with E-state index in [0.717, 1.165) is 32.6 Å². The molecule has 0 radical (unpaired) electrons. The zero-order valence-electron chi connectivity index (χ0n) is 15.3. The zero-order chi connectivity index (χ0) is 21.6. The molecule has 29 heavy (non-hydrogen) atoms. The van der Waals surface area contributed by atoms with Crippen LogP contribution in [0.1, 0.15) is 41.9 Å². The standard InChI is InChI=1S/C18H17F5N4O2/c1-16(21)6-13(20)17(2,27-15(16)24)10-5-9(3-4-11(10)19)18(22,23)26-14(28)12-7-29-8-25-12/h3-5,7-8,13H,6H2,1-2H3,(H2,24,27)(H,26,28)/t13-,16+,17+/m0/s1. The van der Waals surface area contributed by atoms with Crippen LogP contribution in [0.4, 0.5) is 22.0 Å². The van der Waals surface area contributed by atoms with Crippen molar-refractivity contribution in [1.82, 2.24) is 10.3 Å². The van der Waals surface area contributed by atoms with Gasteiger partial charge in [0.05, 0.1) is 0 Å². The van der Waals surface area contributed by atoms with Crippen LogP contribution in [0.5, 0.6) is 0 Å². The summed E-state index contributed by atoms with van der Waals surface area (Å²) >= 11 is 0. The first-order valence-electron chi connectivity index (χ1n) is 8.44. The van der Waals surface area contributed by atoms with Crippen LogP contribution in [0.15, 0.2) is 40.3 Å². The van der Waals surface area contributed by atoms with Crippen LogP contribution in [0.3, 0.4) is 0 Å². The first-order chi connectivity index (χ1) is 13.4. The molecule has 2 heterocycles. The second kappa shape index (κ2) is 6.82. The molecule has 0 spiro atoms. The number of oxazole rings is 1. The summed E-state index contributed by atoms with van der Waals surface area (Å²) in [5.41, 5.74) is -0.498. The first-order valence-corrected chi connectivity index (χ1v) is 8.44. The summed E-state index contributed by atoms with van der Waals surface area (Å²) in [7, 11) is 0. The van der Waals surface area contributed by atoms with Crippen molar-refractivity contribution >= 4 is 11.7 Å². The molecule has 1 aromatic carbocycles. The van der Waals surface area contributed by atoms with Gasteiger partial charge < -0.3 is 10.2 Å². The summed E-state index contributed by atoms with van der Waals surface area (Å²) in [6, 6.07) is -1.87. The average Bonchev–Trinajstić information content (AvgIpc) is 3.14. The Balaban J connectivity index is 2.00. The monoisotopic (exact) mass is 416 g/mol. The van der Waals surface area contributed by atoms with E-state index < -0.39 is 64.2 Å². The van der Waals surface area contributed by atoms with Crippen molar-refractivity contribution in [2.24, 2.45) is 10.7 Å². The van der Waals surface area contributed by atoms with Crippen molar-refractivity contribution < 1.29 is 31.2 Å². The molecule has 3 atom stereocenters. The number of nitrogens with two attached hydrogens (primary N) is 1. The van der Waals surface area contributed by atoms with Crippen molar-refractivity contribution in [3.05, 3.63) is 53.5 Å². The molecule has 6 nitrogen and oxygen atoms in total. The molecule has 1 amide bonds. The second-order valence-electron chi connectivity index (χ2n) is 7.11. The molecule has 11 heteroatoms. The molecule has 156 valence electrons. The van der Waals surface area contributed by atoms with E-state index in [-0.39, 0.29) is 0 Å². The number of amidine groups is 1. The van der Waals surface area contributed by atoms with Crippen LogP contribution < -0.4 is 11.1 Å². The quantitative estimate of drug-likeness (QED) is 0.591. The minimum absolute atomic E-state index is 0.394. The topological polar surface area (TPSA) is 93.5 Å². The Bertz CT molecular complexity index is 961. The van der Waals surface area contributed by atoms with Gasteiger partial charge in [0.2, 0.25) is 0 Å². The van der Waals surface area contributed by atoms with E-state index in [9.17, 15) is 26.7 Å². The van der Waals surface area contributed by atoms with Crippen LogP contribution in [-0.2, 0) is 11.6 Å². The zero-order valence-corrected chi connectivity index (χ0v) is 15.3. The number of benzene rings is 1. The summed E-state index contributed by atoms with van der Waals surface area (Å²) in [5, 5.41) is 1.44. The van der Waals surface area contributed by atoms with Crippen molar-refractivity contribution in [3.63, 3.8) is 0 Å². The van der Waals surface area contributed by atoms with E-state index in [0.29, 0.717) is 12.1 Å². The van der Waals surface area contributed by atoms with E-state index in [2.05, 4.69) is 14.4 Å². The molecular weight excluding hydrogens is 399 g/mol. The van der Waals surface area contributed by atoms with E-state index in [1.165, 1.54) is 5.32 Å². The third kappa shape index (κ3) is 3.68. The lowest BCUT2D eigenvalue weighted by Crippen LogP contribution is -2.51. The van der Waals surface area contributed by atoms with Gasteiger partial charge in [0.1, 0.15) is 29.6 Å². The number of nitrogens with zero attached hydrogens (tertiary/aromatic N) is 2.